The zero-order valence-electron chi connectivity index (χ0n) is 17.2. The van der Waals surface area contributed by atoms with Crippen molar-refractivity contribution in [3.05, 3.63) is 63.9 Å². The number of amides is 2. The Morgan fingerprint density at radius 3 is 2.45 bits per heavy atom. The predicted molar refractivity (Wildman–Crippen MR) is 116 cm³/mol. The Morgan fingerprint density at radius 1 is 1.17 bits per heavy atom. The Morgan fingerprint density at radius 2 is 1.83 bits per heavy atom. The van der Waals surface area contributed by atoms with E-state index in [1.807, 2.05) is 37.8 Å². The molecule has 1 aromatic carbocycles. The Bertz CT molecular complexity index is 874. The summed E-state index contributed by atoms with van der Waals surface area (Å²) < 4.78 is 0. The molecular weight excluding hydrogens is 386 g/mol. The van der Waals surface area contributed by atoms with Gasteiger partial charge in [-0.15, -0.1) is 0 Å². The van der Waals surface area contributed by atoms with Crippen LogP contribution in [0.5, 0.6) is 0 Å². The van der Waals surface area contributed by atoms with Gasteiger partial charge in [-0.25, -0.2) is 0 Å². The number of carbonyl (C=O) groups excluding carboxylic acids is 2. The van der Waals surface area contributed by atoms with Crippen LogP contribution in [0.2, 0.25) is 5.02 Å². The number of likely N-dealkylation sites (tertiary alicyclic amines) is 1. The molecule has 1 aromatic heterocycles. The Kier molecular flexibility index (Phi) is 6.91. The number of nitrogens with zero attached hydrogens (tertiary/aromatic N) is 2. The minimum Gasteiger partial charge on any atom is -0.350 e. The molecule has 154 valence electrons. The van der Waals surface area contributed by atoms with Crippen LogP contribution in [0.15, 0.2) is 36.4 Å². The maximum atomic E-state index is 12.7. The van der Waals surface area contributed by atoms with Gasteiger partial charge in [0.2, 0.25) is 0 Å². The van der Waals surface area contributed by atoms with E-state index in [-0.39, 0.29) is 23.8 Å². The summed E-state index contributed by atoms with van der Waals surface area (Å²) in [5.74, 6) is 0.121. The molecule has 0 saturated carbocycles. The third-order valence-electron chi connectivity index (χ3n) is 5.56. The van der Waals surface area contributed by atoms with Crippen molar-refractivity contribution in [2.45, 2.75) is 52.0 Å². The van der Waals surface area contributed by atoms with Crippen LogP contribution in [0.4, 0.5) is 0 Å². The second kappa shape index (κ2) is 9.40. The zero-order valence-corrected chi connectivity index (χ0v) is 18.0. The highest BCUT2D eigenvalue weighted by atomic mass is 35.5. The normalized spacial score (nSPS) is 15.8. The van der Waals surface area contributed by atoms with Crippen molar-refractivity contribution in [2.75, 3.05) is 13.1 Å². The number of hydrogen-bond donors (Lipinski definition) is 1. The number of benzene rings is 1. The van der Waals surface area contributed by atoms with Crippen LogP contribution in [0, 0.1) is 6.92 Å². The zero-order chi connectivity index (χ0) is 21.0. The van der Waals surface area contributed by atoms with Gasteiger partial charge >= 0.3 is 0 Å². The predicted octanol–water partition coefficient (Wildman–Crippen LogP) is 4.59. The Balaban J connectivity index is 1.72. The van der Waals surface area contributed by atoms with Crippen molar-refractivity contribution in [3.63, 3.8) is 0 Å². The molecule has 2 amide bonds. The molecule has 1 unspecified atom stereocenters. The molecule has 1 aliphatic rings. The maximum Gasteiger partial charge on any atom is 0.253 e. The summed E-state index contributed by atoms with van der Waals surface area (Å²) in [6, 6.07) is 10.9. The molecule has 1 aliphatic heterocycles. The highest BCUT2D eigenvalue weighted by molar-refractivity contribution is 6.30. The number of rotatable bonds is 5. The number of piperidine rings is 1. The highest BCUT2D eigenvalue weighted by Gasteiger charge is 2.28. The van der Waals surface area contributed by atoms with E-state index in [2.05, 4.69) is 5.32 Å². The third-order valence-corrected chi connectivity index (χ3v) is 5.81. The van der Waals surface area contributed by atoms with E-state index in [0.717, 1.165) is 30.7 Å². The van der Waals surface area contributed by atoms with Gasteiger partial charge in [-0.2, -0.15) is 0 Å². The minimum atomic E-state index is -0.0680. The molecule has 2 heterocycles. The first kappa shape index (κ1) is 21.3. The lowest BCUT2D eigenvalue weighted by atomic mass is 9.89. The summed E-state index contributed by atoms with van der Waals surface area (Å²) in [6.45, 7) is 7.29. The van der Waals surface area contributed by atoms with Crippen molar-refractivity contribution in [3.8, 4) is 0 Å². The first-order valence-corrected chi connectivity index (χ1v) is 10.6. The molecule has 1 fully saturated rings. The lowest BCUT2D eigenvalue weighted by Gasteiger charge is -2.32. The molecule has 0 spiro atoms. The van der Waals surface area contributed by atoms with E-state index in [1.54, 1.807) is 24.3 Å². The summed E-state index contributed by atoms with van der Waals surface area (Å²) in [4.78, 5) is 32.1. The summed E-state index contributed by atoms with van der Waals surface area (Å²) in [5.41, 5.74) is 3.05. The minimum absolute atomic E-state index is 0.0204. The molecule has 0 bridgehead atoms. The smallest absolute Gasteiger partial charge is 0.253 e. The van der Waals surface area contributed by atoms with Gasteiger partial charge in [0.1, 0.15) is 0 Å². The average Bonchev–Trinajstić information content (AvgIpc) is 2.73. The molecular formula is C23H28ClN3O2. The topological polar surface area (TPSA) is 62.3 Å². The van der Waals surface area contributed by atoms with E-state index < -0.39 is 0 Å². The number of nitrogens with one attached hydrogen (secondary N) is 1. The lowest BCUT2D eigenvalue weighted by molar-refractivity contribution is 0.0710. The second-order valence-electron chi connectivity index (χ2n) is 7.74. The largest absolute Gasteiger partial charge is 0.350 e. The summed E-state index contributed by atoms with van der Waals surface area (Å²) in [5, 5.41) is 3.66. The number of halogens is 1. The lowest BCUT2D eigenvalue weighted by Crippen LogP contribution is -2.39. The fourth-order valence-electron chi connectivity index (χ4n) is 3.61. The molecule has 29 heavy (non-hydrogen) atoms. The van der Waals surface area contributed by atoms with Gasteiger partial charge in [-0.05, 0) is 69.5 Å². The first-order valence-electron chi connectivity index (χ1n) is 10.2. The van der Waals surface area contributed by atoms with Gasteiger partial charge in [0.25, 0.3) is 11.8 Å². The van der Waals surface area contributed by atoms with E-state index in [0.29, 0.717) is 29.2 Å². The summed E-state index contributed by atoms with van der Waals surface area (Å²) in [7, 11) is 0. The molecule has 5 nitrogen and oxygen atoms in total. The van der Waals surface area contributed by atoms with Gasteiger partial charge in [0, 0.05) is 41.3 Å². The monoisotopic (exact) mass is 413 g/mol. The van der Waals surface area contributed by atoms with Crippen LogP contribution >= 0.6 is 11.6 Å². The number of pyridine rings is 1. The van der Waals surface area contributed by atoms with Gasteiger partial charge in [-0.3, -0.25) is 14.6 Å². The highest BCUT2D eigenvalue weighted by Crippen LogP contribution is 2.30. The average molecular weight is 414 g/mol. The Labute approximate surface area is 177 Å². The molecule has 2 aromatic rings. The number of hydrogen-bond acceptors (Lipinski definition) is 3. The maximum absolute atomic E-state index is 12.7. The molecule has 1 atom stereocenters. The molecule has 1 saturated heterocycles. The van der Waals surface area contributed by atoms with E-state index >= 15 is 0 Å². The van der Waals surface area contributed by atoms with Crippen molar-refractivity contribution in [1.82, 2.24) is 15.2 Å². The molecule has 0 aliphatic carbocycles. The second-order valence-corrected chi connectivity index (χ2v) is 8.18. The van der Waals surface area contributed by atoms with Gasteiger partial charge in [0.15, 0.2) is 0 Å². The van der Waals surface area contributed by atoms with Crippen molar-refractivity contribution in [1.29, 1.82) is 0 Å². The van der Waals surface area contributed by atoms with Crippen LogP contribution in [-0.4, -0.2) is 40.8 Å². The number of aryl methyl sites for hydroxylation is 1. The van der Waals surface area contributed by atoms with Crippen molar-refractivity contribution in [2.24, 2.45) is 0 Å². The fourth-order valence-corrected chi connectivity index (χ4v) is 3.74. The van der Waals surface area contributed by atoms with Crippen LogP contribution in [0.25, 0.3) is 0 Å². The number of carbonyl (C=O) groups is 2. The van der Waals surface area contributed by atoms with Gasteiger partial charge in [-0.1, -0.05) is 18.5 Å². The van der Waals surface area contributed by atoms with E-state index in [1.165, 1.54) is 0 Å². The fraction of sp³-hybridized carbons (Fsp3) is 0.435. The van der Waals surface area contributed by atoms with Gasteiger partial charge < -0.3 is 10.2 Å². The van der Waals surface area contributed by atoms with E-state index in [4.69, 9.17) is 16.6 Å². The number of aromatic nitrogens is 1. The third kappa shape index (κ3) is 5.15. The SMILES string of the molecule is CCC(C)NC(=O)c1ccc(C)nc1C1CCN(C(=O)c2ccc(Cl)cc2)CC1. The van der Waals surface area contributed by atoms with Crippen LogP contribution < -0.4 is 5.32 Å². The van der Waals surface area contributed by atoms with Crippen LogP contribution in [0.3, 0.4) is 0 Å². The van der Waals surface area contributed by atoms with Crippen molar-refractivity contribution >= 4 is 23.4 Å². The Hall–Kier alpha value is -2.40. The summed E-state index contributed by atoms with van der Waals surface area (Å²) >= 11 is 5.92. The van der Waals surface area contributed by atoms with Crippen LogP contribution in [0.1, 0.15) is 71.1 Å². The van der Waals surface area contributed by atoms with Gasteiger partial charge in [0.05, 0.1) is 11.3 Å². The molecule has 1 N–H and O–H groups in total. The molecule has 6 heteroatoms. The first-order chi connectivity index (χ1) is 13.9. The van der Waals surface area contributed by atoms with E-state index in [9.17, 15) is 9.59 Å². The molecule has 0 radical (unpaired) electrons. The standard InChI is InChI=1S/C23H28ClN3O2/c1-4-15(2)26-22(28)20-10-5-16(3)25-21(20)17-11-13-27(14-12-17)23(29)18-6-8-19(24)9-7-18/h5-10,15,17H,4,11-14H2,1-3H3,(H,26,28). The van der Waals surface area contributed by atoms with Crippen LogP contribution in [-0.2, 0) is 0 Å². The quantitative estimate of drug-likeness (QED) is 0.779. The summed E-state index contributed by atoms with van der Waals surface area (Å²) in [6.07, 6.45) is 2.46. The molecule has 3 rings (SSSR count). The van der Waals surface area contributed by atoms with Crippen molar-refractivity contribution < 1.29 is 9.59 Å².